The van der Waals surface area contributed by atoms with Crippen molar-refractivity contribution in [2.24, 2.45) is 0 Å². The van der Waals surface area contributed by atoms with Crippen LogP contribution in [0, 0.1) is 6.92 Å². The minimum atomic E-state index is 0.281. The zero-order valence-corrected chi connectivity index (χ0v) is 12.1. The number of ether oxygens (including phenoxy) is 1. The first-order chi connectivity index (χ1) is 9.13. The molecule has 4 heteroatoms. The van der Waals surface area contributed by atoms with Crippen LogP contribution < -0.4 is 10.2 Å². The van der Waals surface area contributed by atoms with Gasteiger partial charge in [0.1, 0.15) is 5.82 Å². The van der Waals surface area contributed by atoms with Gasteiger partial charge in [-0.1, -0.05) is 0 Å². The number of aryl methyl sites for hydroxylation is 1. The van der Waals surface area contributed by atoms with E-state index in [2.05, 4.69) is 37.1 Å². The van der Waals surface area contributed by atoms with Crippen molar-refractivity contribution in [3.63, 3.8) is 0 Å². The summed E-state index contributed by atoms with van der Waals surface area (Å²) in [7, 11) is 0. The second kappa shape index (κ2) is 5.10. The molecule has 1 fully saturated rings. The molecular formula is C15H23N3O. The second-order valence-electron chi connectivity index (χ2n) is 5.81. The fourth-order valence-electron chi connectivity index (χ4n) is 3.23. The highest BCUT2D eigenvalue weighted by Gasteiger charge is 2.26. The Hall–Kier alpha value is -1.13. The van der Waals surface area contributed by atoms with Crippen LogP contribution >= 0.6 is 0 Å². The maximum atomic E-state index is 5.83. The summed E-state index contributed by atoms with van der Waals surface area (Å²) >= 11 is 0. The van der Waals surface area contributed by atoms with Crippen LogP contribution in [0.15, 0.2) is 6.07 Å². The minimum Gasteiger partial charge on any atom is -0.372 e. The Morgan fingerprint density at radius 2 is 2.05 bits per heavy atom. The van der Waals surface area contributed by atoms with Crippen LogP contribution in [-0.2, 0) is 17.7 Å². The molecular weight excluding hydrogens is 238 g/mol. The molecule has 0 amide bonds. The SMILES string of the molecule is Cc1cc2c(c(N3C[C@@H](C)O[C@@H](C)C3)n1)CCNC2. The topological polar surface area (TPSA) is 37.4 Å². The highest BCUT2D eigenvalue weighted by molar-refractivity contribution is 5.53. The molecule has 2 aliphatic heterocycles. The van der Waals surface area contributed by atoms with E-state index in [4.69, 9.17) is 9.72 Å². The van der Waals surface area contributed by atoms with Crippen molar-refractivity contribution in [2.45, 2.75) is 45.9 Å². The summed E-state index contributed by atoms with van der Waals surface area (Å²) in [4.78, 5) is 7.23. The first-order valence-electron chi connectivity index (χ1n) is 7.24. The first kappa shape index (κ1) is 12.9. The van der Waals surface area contributed by atoms with Gasteiger partial charge in [0, 0.05) is 30.9 Å². The number of hydrogen-bond acceptors (Lipinski definition) is 4. The van der Waals surface area contributed by atoms with E-state index in [1.165, 1.54) is 16.9 Å². The summed E-state index contributed by atoms with van der Waals surface area (Å²) < 4.78 is 5.83. The van der Waals surface area contributed by atoms with Crippen LogP contribution in [0.2, 0.25) is 0 Å². The normalized spacial score (nSPS) is 27.2. The summed E-state index contributed by atoms with van der Waals surface area (Å²) in [6, 6.07) is 2.22. The molecule has 0 aliphatic carbocycles. The zero-order valence-electron chi connectivity index (χ0n) is 12.1. The quantitative estimate of drug-likeness (QED) is 0.834. The zero-order chi connectivity index (χ0) is 13.4. The highest BCUT2D eigenvalue weighted by Crippen LogP contribution is 2.28. The van der Waals surface area contributed by atoms with E-state index >= 15 is 0 Å². The van der Waals surface area contributed by atoms with Crippen LogP contribution in [0.1, 0.15) is 30.7 Å². The molecule has 3 heterocycles. The Kier molecular flexibility index (Phi) is 3.46. The van der Waals surface area contributed by atoms with Gasteiger partial charge in [0.25, 0.3) is 0 Å². The van der Waals surface area contributed by atoms with Gasteiger partial charge in [-0.3, -0.25) is 0 Å². The fourth-order valence-corrected chi connectivity index (χ4v) is 3.23. The van der Waals surface area contributed by atoms with Crippen molar-refractivity contribution in [1.82, 2.24) is 10.3 Å². The van der Waals surface area contributed by atoms with E-state index < -0.39 is 0 Å². The van der Waals surface area contributed by atoms with Crippen molar-refractivity contribution in [2.75, 3.05) is 24.5 Å². The molecule has 1 aromatic heterocycles. The van der Waals surface area contributed by atoms with Gasteiger partial charge in [0.2, 0.25) is 0 Å². The smallest absolute Gasteiger partial charge is 0.132 e. The molecule has 4 nitrogen and oxygen atoms in total. The number of aromatic nitrogens is 1. The third-order valence-electron chi connectivity index (χ3n) is 3.91. The molecule has 1 saturated heterocycles. The molecule has 0 unspecified atom stereocenters. The maximum Gasteiger partial charge on any atom is 0.132 e. The standard InChI is InChI=1S/C15H23N3O/c1-10-6-13-7-16-5-4-14(13)15(17-10)18-8-11(2)19-12(3)9-18/h6,11-12,16H,4-5,7-9H2,1-3H3/t11-,12+. The molecule has 0 radical (unpaired) electrons. The lowest BCUT2D eigenvalue weighted by Crippen LogP contribution is -2.46. The van der Waals surface area contributed by atoms with Gasteiger partial charge < -0.3 is 15.0 Å². The van der Waals surface area contributed by atoms with Crippen LogP contribution in [0.4, 0.5) is 5.82 Å². The largest absolute Gasteiger partial charge is 0.372 e. The lowest BCUT2D eigenvalue weighted by Gasteiger charge is -2.38. The highest BCUT2D eigenvalue weighted by atomic mass is 16.5. The summed E-state index contributed by atoms with van der Waals surface area (Å²) in [6.07, 6.45) is 1.64. The molecule has 3 rings (SSSR count). The molecule has 0 aromatic carbocycles. The number of hydrogen-bond donors (Lipinski definition) is 1. The number of fused-ring (bicyclic) bond motifs is 1. The van der Waals surface area contributed by atoms with E-state index in [9.17, 15) is 0 Å². The molecule has 1 aromatic rings. The van der Waals surface area contributed by atoms with Gasteiger partial charge in [0.05, 0.1) is 12.2 Å². The van der Waals surface area contributed by atoms with Crippen LogP contribution in [0.3, 0.4) is 0 Å². The third kappa shape index (κ3) is 2.60. The second-order valence-corrected chi connectivity index (χ2v) is 5.81. The average Bonchev–Trinajstić information content (AvgIpc) is 2.36. The van der Waals surface area contributed by atoms with Crippen molar-refractivity contribution in [1.29, 1.82) is 0 Å². The predicted molar refractivity (Wildman–Crippen MR) is 76.6 cm³/mol. The Bertz CT molecular complexity index is 465. The molecule has 2 atom stereocenters. The number of rotatable bonds is 1. The Morgan fingerprint density at radius 3 is 2.79 bits per heavy atom. The van der Waals surface area contributed by atoms with Gasteiger partial charge in [0.15, 0.2) is 0 Å². The van der Waals surface area contributed by atoms with E-state index in [1.54, 1.807) is 0 Å². The third-order valence-corrected chi connectivity index (χ3v) is 3.91. The summed E-state index contributed by atoms with van der Waals surface area (Å²) in [5, 5.41) is 3.44. The maximum absolute atomic E-state index is 5.83. The van der Waals surface area contributed by atoms with Gasteiger partial charge in [-0.15, -0.1) is 0 Å². The fraction of sp³-hybridized carbons (Fsp3) is 0.667. The molecule has 19 heavy (non-hydrogen) atoms. The van der Waals surface area contributed by atoms with E-state index in [-0.39, 0.29) is 12.2 Å². The summed E-state index contributed by atoms with van der Waals surface area (Å²) in [5.74, 6) is 1.19. The average molecular weight is 261 g/mol. The monoisotopic (exact) mass is 261 g/mol. The lowest BCUT2D eigenvalue weighted by atomic mass is 10.0. The van der Waals surface area contributed by atoms with E-state index in [0.29, 0.717) is 0 Å². The minimum absolute atomic E-state index is 0.281. The number of nitrogens with zero attached hydrogens (tertiary/aromatic N) is 2. The first-order valence-corrected chi connectivity index (χ1v) is 7.24. The number of anilines is 1. The Balaban J connectivity index is 1.97. The molecule has 0 saturated carbocycles. The molecule has 2 aliphatic rings. The van der Waals surface area contributed by atoms with Gasteiger partial charge >= 0.3 is 0 Å². The van der Waals surface area contributed by atoms with Crippen LogP contribution in [-0.4, -0.2) is 36.8 Å². The molecule has 1 N–H and O–H groups in total. The van der Waals surface area contributed by atoms with E-state index in [0.717, 1.165) is 38.3 Å². The predicted octanol–water partition coefficient (Wildman–Crippen LogP) is 1.65. The number of morpholine rings is 1. The Labute approximate surface area is 115 Å². The Morgan fingerprint density at radius 1 is 1.32 bits per heavy atom. The number of pyridine rings is 1. The van der Waals surface area contributed by atoms with E-state index in [1.807, 2.05) is 0 Å². The summed E-state index contributed by atoms with van der Waals surface area (Å²) in [6.45, 7) is 10.3. The van der Waals surface area contributed by atoms with Crippen molar-refractivity contribution in [3.05, 3.63) is 22.9 Å². The van der Waals surface area contributed by atoms with Gasteiger partial charge in [-0.2, -0.15) is 0 Å². The van der Waals surface area contributed by atoms with Crippen molar-refractivity contribution < 1.29 is 4.74 Å². The van der Waals surface area contributed by atoms with Crippen LogP contribution in [0.5, 0.6) is 0 Å². The van der Waals surface area contributed by atoms with Crippen molar-refractivity contribution >= 4 is 5.82 Å². The van der Waals surface area contributed by atoms with Gasteiger partial charge in [-0.25, -0.2) is 4.98 Å². The van der Waals surface area contributed by atoms with Crippen molar-refractivity contribution in [3.8, 4) is 0 Å². The lowest BCUT2D eigenvalue weighted by molar-refractivity contribution is -0.00552. The summed E-state index contributed by atoms with van der Waals surface area (Å²) in [5.41, 5.74) is 3.97. The molecule has 0 spiro atoms. The number of nitrogens with one attached hydrogen (secondary N) is 1. The van der Waals surface area contributed by atoms with Gasteiger partial charge in [-0.05, 0) is 45.4 Å². The molecule has 104 valence electrons. The molecule has 0 bridgehead atoms. The van der Waals surface area contributed by atoms with Crippen LogP contribution in [0.25, 0.3) is 0 Å².